The Labute approximate surface area is 228 Å². The Morgan fingerprint density at radius 3 is 2.54 bits per heavy atom. The zero-order valence-corrected chi connectivity index (χ0v) is 24.2. The molecule has 0 bridgehead atoms. The van der Waals surface area contributed by atoms with Gasteiger partial charge in [-0.25, -0.2) is 0 Å². The molecular formula is C31H45N3O2S. The van der Waals surface area contributed by atoms with E-state index >= 15 is 0 Å². The van der Waals surface area contributed by atoms with Crippen molar-refractivity contribution in [1.82, 2.24) is 16.0 Å². The van der Waals surface area contributed by atoms with E-state index in [0.29, 0.717) is 19.4 Å². The molecule has 0 aliphatic carbocycles. The molecule has 2 heterocycles. The van der Waals surface area contributed by atoms with Gasteiger partial charge in [-0.05, 0) is 61.9 Å². The van der Waals surface area contributed by atoms with Crippen molar-refractivity contribution in [3.05, 3.63) is 87.9 Å². The summed E-state index contributed by atoms with van der Waals surface area (Å²) >= 11 is 1.62. The number of aliphatic hydroxyl groups is 1. The monoisotopic (exact) mass is 523 g/mol. The number of allylic oxidation sites excluding steroid dienone is 2. The Bertz CT molecular complexity index is 1080. The number of amides is 1. The normalized spacial score (nSPS) is 18.4. The standard InChI is InChI=1S/C27H33N3O2S.2C2H6/c1-5-19(4)21-10-8-9-20(15-21)16-27(14-13-25(31)30-27)24(7-3)28-18-26(32)29-17-23-12-11-22(6-2)33-23;2*1-2/h6-12,15,25,28,30-31H,1-2,13-14,16-18H2,3-4H3,(H,29,32);2*1-2H3/b24-7-;;/t25?,27-;;/m1../s1. The molecule has 202 valence electrons. The van der Waals surface area contributed by atoms with Gasteiger partial charge in [0, 0.05) is 15.5 Å². The minimum atomic E-state index is -0.577. The minimum absolute atomic E-state index is 0.0784. The first-order valence-corrected chi connectivity index (χ1v) is 14.0. The van der Waals surface area contributed by atoms with Gasteiger partial charge in [-0.15, -0.1) is 17.1 Å². The highest BCUT2D eigenvalue weighted by Crippen LogP contribution is 2.33. The summed E-state index contributed by atoms with van der Waals surface area (Å²) in [5.74, 6) is -0.0784. The van der Waals surface area contributed by atoms with Crippen LogP contribution in [0.15, 0.2) is 67.1 Å². The van der Waals surface area contributed by atoms with Gasteiger partial charge in [0.1, 0.15) is 6.23 Å². The predicted octanol–water partition coefficient (Wildman–Crippen LogP) is 6.42. The van der Waals surface area contributed by atoms with Crippen molar-refractivity contribution >= 4 is 28.9 Å². The Hall–Kier alpha value is -2.89. The lowest BCUT2D eigenvalue weighted by molar-refractivity contribution is -0.120. The van der Waals surface area contributed by atoms with E-state index in [-0.39, 0.29) is 12.5 Å². The van der Waals surface area contributed by atoms with Crippen LogP contribution in [0.3, 0.4) is 0 Å². The zero-order chi connectivity index (χ0) is 27.8. The summed E-state index contributed by atoms with van der Waals surface area (Å²) in [4.78, 5) is 14.7. The second-order valence-electron chi connectivity index (χ2n) is 8.30. The summed E-state index contributed by atoms with van der Waals surface area (Å²) in [7, 11) is 0. The van der Waals surface area contributed by atoms with E-state index in [2.05, 4.69) is 47.0 Å². The summed E-state index contributed by atoms with van der Waals surface area (Å²) in [5, 5.41) is 20.0. The summed E-state index contributed by atoms with van der Waals surface area (Å²) in [5.41, 5.74) is 6.63. The van der Waals surface area contributed by atoms with Crippen molar-refractivity contribution in [3.8, 4) is 0 Å². The first kappa shape index (κ1) is 32.1. The van der Waals surface area contributed by atoms with Crippen LogP contribution in [0.25, 0.3) is 11.6 Å². The van der Waals surface area contributed by atoms with Gasteiger partial charge in [-0.2, -0.15) is 0 Å². The lowest BCUT2D eigenvalue weighted by Gasteiger charge is -2.34. The van der Waals surface area contributed by atoms with Crippen LogP contribution in [-0.4, -0.2) is 29.3 Å². The van der Waals surface area contributed by atoms with Crippen molar-refractivity contribution in [2.45, 2.75) is 79.1 Å². The van der Waals surface area contributed by atoms with Gasteiger partial charge in [0.25, 0.3) is 0 Å². The molecule has 37 heavy (non-hydrogen) atoms. The Balaban J connectivity index is 0.00000163. The largest absolute Gasteiger partial charge is 0.379 e. The molecule has 2 aromatic rings. The van der Waals surface area contributed by atoms with E-state index in [1.165, 1.54) is 0 Å². The zero-order valence-electron chi connectivity index (χ0n) is 23.4. The van der Waals surface area contributed by atoms with Gasteiger partial charge in [0.15, 0.2) is 0 Å². The predicted molar refractivity (Wildman–Crippen MR) is 160 cm³/mol. The van der Waals surface area contributed by atoms with Crippen LogP contribution in [0.1, 0.15) is 75.3 Å². The maximum atomic E-state index is 12.5. The highest BCUT2D eigenvalue weighted by molar-refractivity contribution is 7.12. The maximum absolute atomic E-state index is 12.5. The number of carbonyl (C=O) groups is 1. The van der Waals surface area contributed by atoms with Crippen LogP contribution in [0, 0.1) is 0 Å². The van der Waals surface area contributed by atoms with Crippen molar-refractivity contribution in [2.24, 2.45) is 0 Å². The molecule has 5 nitrogen and oxygen atoms in total. The number of nitrogens with one attached hydrogen (secondary N) is 3. The molecule has 1 saturated heterocycles. The Morgan fingerprint density at radius 2 is 1.97 bits per heavy atom. The molecule has 4 N–H and O–H groups in total. The van der Waals surface area contributed by atoms with E-state index in [1.807, 2.05) is 78.0 Å². The van der Waals surface area contributed by atoms with Gasteiger partial charge >= 0.3 is 0 Å². The molecule has 0 spiro atoms. The van der Waals surface area contributed by atoms with E-state index in [0.717, 1.165) is 38.6 Å². The van der Waals surface area contributed by atoms with Crippen molar-refractivity contribution in [1.29, 1.82) is 0 Å². The molecule has 0 radical (unpaired) electrons. The molecule has 3 rings (SSSR count). The average Bonchev–Trinajstić information content (AvgIpc) is 3.56. The Morgan fingerprint density at radius 1 is 1.24 bits per heavy atom. The fraction of sp³-hybridized carbons (Fsp3) is 0.419. The number of hydrogen-bond acceptors (Lipinski definition) is 5. The van der Waals surface area contributed by atoms with Gasteiger partial charge < -0.3 is 15.7 Å². The quantitative estimate of drug-likeness (QED) is 0.271. The van der Waals surface area contributed by atoms with Crippen molar-refractivity contribution in [3.63, 3.8) is 0 Å². The maximum Gasteiger partial charge on any atom is 0.239 e. The lowest BCUT2D eigenvalue weighted by Crippen LogP contribution is -2.51. The molecule has 1 aliphatic rings. The number of benzene rings is 1. The number of carbonyl (C=O) groups excluding carboxylic acids is 1. The average molecular weight is 524 g/mol. The number of rotatable bonds is 10. The third-order valence-corrected chi connectivity index (χ3v) is 7.09. The fourth-order valence-electron chi connectivity index (χ4n) is 4.23. The summed E-state index contributed by atoms with van der Waals surface area (Å²) in [6.07, 6.45) is 5.33. The summed E-state index contributed by atoms with van der Waals surface area (Å²) in [6.45, 7) is 20.1. The molecule has 6 heteroatoms. The van der Waals surface area contributed by atoms with Gasteiger partial charge in [-0.3, -0.25) is 10.1 Å². The third kappa shape index (κ3) is 9.49. The lowest BCUT2D eigenvalue weighted by atomic mass is 9.85. The molecule has 1 aliphatic heterocycles. The molecule has 1 fully saturated rings. The summed E-state index contributed by atoms with van der Waals surface area (Å²) < 4.78 is 0. The van der Waals surface area contributed by atoms with Crippen LogP contribution in [0.5, 0.6) is 0 Å². The smallest absolute Gasteiger partial charge is 0.239 e. The second kappa shape index (κ2) is 16.8. The van der Waals surface area contributed by atoms with Gasteiger partial charge in [0.2, 0.25) is 5.91 Å². The van der Waals surface area contributed by atoms with Crippen LogP contribution >= 0.6 is 11.3 Å². The van der Waals surface area contributed by atoms with E-state index < -0.39 is 11.8 Å². The summed E-state index contributed by atoms with van der Waals surface area (Å²) in [6, 6.07) is 12.3. The van der Waals surface area contributed by atoms with Crippen LogP contribution in [0.4, 0.5) is 0 Å². The highest BCUT2D eigenvalue weighted by Gasteiger charge is 2.41. The topological polar surface area (TPSA) is 73.4 Å². The molecule has 1 amide bonds. The van der Waals surface area contributed by atoms with E-state index in [9.17, 15) is 9.90 Å². The van der Waals surface area contributed by atoms with Crippen LogP contribution in [0.2, 0.25) is 0 Å². The van der Waals surface area contributed by atoms with Gasteiger partial charge in [-0.1, -0.05) is 77.3 Å². The molecule has 1 aromatic heterocycles. The SMILES string of the molecule is C=C=C(C)c1cccc(C[C@@]2(/C(=C/C)NCC(=O)NCc3ccc(C=C)s3)CCC(O)N2)c1.CC.CC. The molecule has 1 aromatic carbocycles. The van der Waals surface area contributed by atoms with Gasteiger partial charge in [0.05, 0.1) is 18.6 Å². The molecule has 2 atom stereocenters. The van der Waals surface area contributed by atoms with E-state index in [4.69, 9.17) is 0 Å². The second-order valence-corrected chi connectivity index (χ2v) is 9.50. The Kier molecular flexibility index (Phi) is 14.6. The van der Waals surface area contributed by atoms with E-state index in [1.54, 1.807) is 11.3 Å². The molecular weight excluding hydrogens is 478 g/mol. The minimum Gasteiger partial charge on any atom is -0.379 e. The number of aliphatic hydroxyl groups excluding tert-OH is 1. The first-order valence-electron chi connectivity index (χ1n) is 13.2. The van der Waals surface area contributed by atoms with Crippen molar-refractivity contribution in [2.75, 3.05) is 6.54 Å². The number of hydrogen-bond donors (Lipinski definition) is 4. The number of thiophene rings is 1. The first-order chi connectivity index (χ1) is 17.9. The molecule has 0 saturated carbocycles. The van der Waals surface area contributed by atoms with Crippen LogP contribution < -0.4 is 16.0 Å². The molecule has 1 unspecified atom stereocenters. The fourth-order valence-corrected chi connectivity index (χ4v) is 5.03. The van der Waals surface area contributed by atoms with Crippen molar-refractivity contribution < 1.29 is 9.90 Å². The van der Waals surface area contributed by atoms with Crippen LogP contribution in [-0.2, 0) is 17.8 Å². The highest BCUT2D eigenvalue weighted by atomic mass is 32.1. The third-order valence-electron chi connectivity index (χ3n) is 6.01.